The number of halogens is 1. The van der Waals surface area contributed by atoms with Crippen molar-refractivity contribution in [3.8, 4) is 0 Å². The SMILES string of the molecule is Cc1ccc(C(=O)NCC(=O)OCC(=O)c2ccc(Br)cc2)cc1C. The van der Waals surface area contributed by atoms with Gasteiger partial charge in [-0.15, -0.1) is 0 Å². The Morgan fingerprint density at radius 2 is 1.60 bits per heavy atom. The number of esters is 1. The Balaban J connectivity index is 1.80. The second-order valence-corrected chi connectivity index (χ2v) is 6.49. The number of ketones is 1. The van der Waals surface area contributed by atoms with E-state index in [0.29, 0.717) is 11.1 Å². The number of benzene rings is 2. The van der Waals surface area contributed by atoms with Crippen LogP contribution in [0.25, 0.3) is 0 Å². The molecule has 0 spiro atoms. The van der Waals surface area contributed by atoms with Crippen molar-refractivity contribution in [3.63, 3.8) is 0 Å². The summed E-state index contributed by atoms with van der Waals surface area (Å²) in [5, 5.41) is 2.49. The summed E-state index contributed by atoms with van der Waals surface area (Å²) in [4.78, 5) is 35.6. The minimum absolute atomic E-state index is 0.292. The number of carbonyl (C=O) groups is 3. The fourth-order valence-electron chi connectivity index (χ4n) is 2.05. The van der Waals surface area contributed by atoms with E-state index in [0.717, 1.165) is 15.6 Å². The lowest BCUT2D eigenvalue weighted by Gasteiger charge is -2.08. The first-order valence-electron chi connectivity index (χ1n) is 7.66. The number of ether oxygens (including phenoxy) is 1. The Hall–Kier alpha value is -2.47. The number of carbonyl (C=O) groups excluding carboxylic acids is 3. The molecule has 2 rings (SSSR count). The summed E-state index contributed by atoms with van der Waals surface area (Å²) in [6.45, 7) is 3.21. The molecule has 5 nitrogen and oxygen atoms in total. The van der Waals surface area contributed by atoms with Crippen molar-refractivity contribution in [3.05, 3.63) is 69.2 Å². The van der Waals surface area contributed by atoms with Crippen LogP contribution in [-0.4, -0.2) is 30.8 Å². The highest BCUT2D eigenvalue weighted by atomic mass is 79.9. The zero-order valence-corrected chi connectivity index (χ0v) is 15.6. The molecule has 1 amide bonds. The first-order valence-corrected chi connectivity index (χ1v) is 8.46. The maximum absolute atomic E-state index is 12.0. The molecule has 0 aliphatic heterocycles. The van der Waals surface area contributed by atoms with Gasteiger partial charge < -0.3 is 10.1 Å². The van der Waals surface area contributed by atoms with E-state index in [1.165, 1.54) is 0 Å². The maximum Gasteiger partial charge on any atom is 0.325 e. The highest BCUT2D eigenvalue weighted by Crippen LogP contribution is 2.11. The molecule has 130 valence electrons. The molecular weight excluding hydrogens is 386 g/mol. The van der Waals surface area contributed by atoms with Gasteiger partial charge in [0.15, 0.2) is 12.4 Å². The van der Waals surface area contributed by atoms with E-state index in [-0.39, 0.29) is 24.8 Å². The number of nitrogens with one attached hydrogen (secondary N) is 1. The predicted molar refractivity (Wildman–Crippen MR) is 97.7 cm³/mol. The Kier molecular flexibility index (Phi) is 6.47. The zero-order valence-electron chi connectivity index (χ0n) is 14.0. The molecule has 25 heavy (non-hydrogen) atoms. The molecular formula is C19H18BrNO4. The van der Waals surface area contributed by atoms with E-state index >= 15 is 0 Å². The van der Waals surface area contributed by atoms with Gasteiger partial charge >= 0.3 is 5.97 Å². The van der Waals surface area contributed by atoms with Gasteiger partial charge in [0.05, 0.1) is 0 Å². The molecule has 0 unspecified atom stereocenters. The molecule has 2 aromatic rings. The van der Waals surface area contributed by atoms with Gasteiger partial charge in [0.1, 0.15) is 6.54 Å². The molecule has 6 heteroatoms. The van der Waals surface area contributed by atoms with E-state index in [4.69, 9.17) is 4.74 Å². The molecule has 0 bridgehead atoms. The van der Waals surface area contributed by atoms with Crippen LogP contribution in [-0.2, 0) is 9.53 Å². The first kappa shape index (κ1) is 18.9. The largest absolute Gasteiger partial charge is 0.456 e. The molecule has 2 aromatic carbocycles. The summed E-state index contributed by atoms with van der Waals surface area (Å²) in [5.74, 6) is -1.33. The van der Waals surface area contributed by atoms with Gasteiger partial charge in [0.25, 0.3) is 5.91 Å². The number of hydrogen-bond donors (Lipinski definition) is 1. The molecule has 1 N–H and O–H groups in total. The van der Waals surface area contributed by atoms with Gasteiger partial charge in [-0.2, -0.15) is 0 Å². The Morgan fingerprint density at radius 3 is 2.24 bits per heavy atom. The Morgan fingerprint density at radius 1 is 0.960 bits per heavy atom. The third kappa shape index (κ3) is 5.53. The second kappa shape index (κ2) is 8.58. The molecule has 0 heterocycles. The smallest absolute Gasteiger partial charge is 0.325 e. The molecule has 0 aliphatic rings. The molecule has 0 saturated heterocycles. The van der Waals surface area contributed by atoms with Crippen molar-refractivity contribution in [1.82, 2.24) is 5.32 Å². The van der Waals surface area contributed by atoms with Crippen molar-refractivity contribution < 1.29 is 19.1 Å². The zero-order chi connectivity index (χ0) is 18.4. The van der Waals surface area contributed by atoms with Crippen LogP contribution < -0.4 is 5.32 Å². The third-order valence-electron chi connectivity index (χ3n) is 3.69. The molecule has 0 saturated carbocycles. The van der Waals surface area contributed by atoms with E-state index in [9.17, 15) is 14.4 Å². The van der Waals surface area contributed by atoms with Crippen LogP contribution in [0.3, 0.4) is 0 Å². The first-order chi connectivity index (χ1) is 11.9. The number of rotatable bonds is 6. The van der Waals surface area contributed by atoms with Crippen molar-refractivity contribution in [2.45, 2.75) is 13.8 Å². The van der Waals surface area contributed by atoms with Crippen LogP contribution >= 0.6 is 15.9 Å². The van der Waals surface area contributed by atoms with Crippen molar-refractivity contribution in [2.24, 2.45) is 0 Å². The number of amides is 1. The third-order valence-corrected chi connectivity index (χ3v) is 4.22. The summed E-state index contributed by atoms with van der Waals surface area (Å²) < 4.78 is 5.76. The summed E-state index contributed by atoms with van der Waals surface area (Å²) in [7, 11) is 0. The van der Waals surface area contributed by atoms with Gasteiger partial charge in [-0.1, -0.05) is 34.1 Å². The van der Waals surface area contributed by atoms with Crippen LogP contribution in [0, 0.1) is 13.8 Å². The average molecular weight is 404 g/mol. The van der Waals surface area contributed by atoms with Crippen molar-refractivity contribution in [1.29, 1.82) is 0 Å². The van der Waals surface area contributed by atoms with E-state index in [1.54, 1.807) is 36.4 Å². The lowest BCUT2D eigenvalue weighted by Crippen LogP contribution is -2.31. The lowest BCUT2D eigenvalue weighted by atomic mass is 10.1. The predicted octanol–water partition coefficient (Wildman–Crippen LogP) is 3.22. The second-order valence-electron chi connectivity index (χ2n) is 5.57. The summed E-state index contributed by atoms with van der Waals surface area (Å²) >= 11 is 3.28. The monoisotopic (exact) mass is 403 g/mol. The van der Waals surface area contributed by atoms with E-state index in [2.05, 4.69) is 21.2 Å². The maximum atomic E-state index is 12.0. The van der Waals surface area contributed by atoms with Gasteiger partial charge in [0.2, 0.25) is 0 Å². The number of hydrogen-bond acceptors (Lipinski definition) is 4. The van der Waals surface area contributed by atoms with Gasteiger partial charge in [-0.25, -0.2) is 0 Å². The Bertz CT molecular complexity index is 800. The lowest BCUT2D eigenvalue weighted by molar-refractivity contribution is -0.141. The van der Waals surface area contributed by atoms with Crippen molar-refractivity contribution in [2.75, 3.05) is 13.2 Å². The van der Waals surface area contributed by atoms with Crippen LogP contribution in [0.5, 0.6) is 0 Å². The van der Waals surface area contributed by atoms with Gasteiger partial charge in [-0.3, -0.25) is 14.4 Å². The molecule has 0 aromatic heterocycles. The average Bonchev–Trinajstić information content (AvgIpc) is 2.60. The standard InChI is InChI=1S/C19H18BrNO4/c1-12-3-4-15(9-13(12)2)19(24)21-10-18(23)25-11-17(22)14-5-7-16(20)8-6-14/h3-9H,10-11H2,1-2H3,(H,21,24). The molecule has 0 fully saturated rings. The molecule has 0 aliphatic carbocycles. The van der Waals surface area contributed by atoms with E-state index < -0.39 is 5.97 Å². The van der Waals surface area contributed by atoms with E-state index in [1.807, 2.05) is 19.9 Å². The molecule has 0 radical (unpaired) electrons. The van der Waals surface area contributed by atoms with Crippen LogP contribution in [0.4, 0.5) is 0 Å². The minimum Gasteiger partial charge on any atom is -0.456 e. The number of Topliss-reactive ketones (excluding diaryl/α,β-unsaturated/α-hetero) is 1. The van der Waals surface area contributed by atoms with Crippen molar-refractivity contribution >= 4 is 33.6 Å². The summed E-state index contributed by atoms with van der Waals surface area (Å²) in [6.07, 6.45) is 0. The Labute approximate surface area is 154 Å². The number of aryl methyl sites for hydroxylation is 2. The minimum atomic E-state index is -0.664. The highest BCUT2D eigenvalue weighted by Gasteiger charge is 2.12. The topological polar surface area (TPSA) is 72.5 Å². The van der Waals surface area contributed by atoms with Gasteiger partial charge in [-0.05, 0) is 49.2 Å². The van der Waals surface area contributed by atoms with Crippen LogP contribution in [0.15, 0.2) is 46.9 Å². The summed E-state index contributed by atoms with van der Waals surface area (Å²) in [5.41, 5.74) is 3.01. The van der Waals surface area contributed by atoms with Gasteiger partial charge in [0, 0.05) is 15.6 Å². The summed E-state index contributed by atoms with van der Waals surface area (Å²) in [6, 6.07) is 12.0. The fraction of sp³-hybridized carbons (Fsp3) is 0.211. The highest BCUT2D eigenvalue weighted by molar-refractivity contribution is 9.10. The van der Waals surface area contributed by atoms with Crippen LogP contribution in [0.2, 0.25) is 0 Å². The molecule has 0 atom stereocenters. The van der Waals surface area contributed by atoms with Crippen LogP contribution in [0.1, 0.15) is 31.8 Å². The fourth-order valence-corrected chi connectivity index (χ4v) is 2.32. The quantitative estimate of drug-likeness (QED) is 0.593. The normalized spacial score (nSPS) is 10.2.